The van der Waals surface area contributed by atoms with Crippen LogP contribution in [0.25, 0.3) is 0 Å². The van der Waals surface area contributed by atoms with Crippen LogP contribution in [0.5, 0.6) is 0 Å². The Kier molecular flexibility index (Phi) is 3.04. The molecule has 1 rings (SSSR count). The maximum absolute atomic E-state index is 12.8. The van der Waals surface area contributed by atoms with Gasteiger partial charge in [0.25, 0.3) is 5.24 Å². The van der Waals surface area contributed by atoms with Gasteiger partial charge in [-0.2, -0.15) is 0 Å². The third kappa shape index (κ3) is 1.76. The summed E-state index contributed by atoms with van der Waals surface area (Å²) < 4.78 is 12.9. The molecule has 0 aromatic carbocycles. The van der Waals surface area contributed by atoms with Gasteiger partial charge in [-0.05, 0) is 27.5 Å². The lowest BCUT2D eigenvalue weighted by Gasteiger charge is -2.00. The van der Waals surface area contributed by atoms with Gasteiger partial charge in [0.15, 0.2) is 5.82 Å². The van der Waals surface area contributed by atoms with Gasteiger partial charge in [0, 0.05) is 0 Å². The topological polar surface area (TPSA) is 30.0 Å². The zero-order valence-electron chi connectivity index (χ0n) is 5.44. The zero-order chi connectivity index (χ0) is 9.30. The fraction of sp³-hybridized carbons (Fsp3) is 0. The SMILES string of the molecule is O=C(Cl)c1c(F)cnc(Cl)c1Br. The van der Waals surface area contributed by atoms with Crippen molar-refractivity contribution in [1.82, 2.24) is 4.98 Å². The zero-order valence-corrected chi connectivity index (χ0v) is 8.54. The lowest BCUT2D eigenvalue weighted by Crippen LogP contribution is -1.98. The van der Waals surface area contributed by atoms with E-state index >= 15 is 0 Å². The van der Waals surface area contributed by atoms with Crippen molar-refractivity contribution in [3.8, 4) is 0 Å². The third-order valence-electron chi connectivity index (χ3n) is 1.13. The average Bonchev–Trinajstić information content (AvgIpc) is 1.97. The van der Waals surface area contributed by atoms with Crippen molar-refractivity contribution in [2.75, 3.05) is 0 Å². The number of carbonyl (C=O) groups is 1. The van der Waals surface area contributed by atoms with Crippen LogP contribution in [0.15, 0.2) is 10.7 Å². The highest BCUT2D eigenvalue weighted by Crippen LogP contribution is 2.27. The summed E-state index contributed by atoms with van der Waals surface area (Å²) in [4.78, 5) is 14.1. The Balaban J connectivity index is 3.43. The van der Waals surface area contributed by atoms with E-state index < -0.39 is 11.1 Å². The molecule has 64 valence electrons. The molecule has 0 saturated heterocycles. The van der Waals surface area contributed by atoms with Gasteiger partial charge in [-0.1, -0.05) is 11.6 Å². The highest BCUT2D eigenvalue weighted by Gasteiger charge is 2.16. The monoisotopic (exact) mass is 271 g/mol. The molecular formula is C6HBrCl2FNO. The smallest absolute Gasteiger partial charge is 0.256 e. The van der Waals surface area contributed by atoms with Crippen molar-refractivity contribution >= 4 is 44.4 Å². The van der Waals surface area contributed by atoms with Crippen molar-refractivity contribution in [3.05, 3.63) is 27.2 Å². The second-order valence-corrected chi connectivity index (χ2v) is 3.35. The quantitative estimate of drug-likeness (QED) is 0.581. The van der Waals surface area contributed by atoms with Gasteiger partial charge in [0.2, 0.25) is 0 Å². The van der Waals surface area contributed by atoms with Crippen LogP contribution >= 0.6 is 39.1 Å². The summed E-state index contributed by atoms with van der Waals surface area (Å²) in [7, 11) is 0. The number of hydrogen-bond donors (Lipinski definition) is 0. The average molecular weight is 273 g/mol. The van der Waals surface area contributed by atoms with Crippen LogP contribution in [-0.2, 0) is 0 Å². The lowest BCUT2D eigenvalue weighted by atomic mass is 10.3. The Morgan fingerprint density at radius 3 is 2.67 bits per heavy atom. The van der Waals surface area contributed by atoms with Crippen molar-refractivity contribution in [3.63, 3.8) is 0 Å². The van der Waals surface area contributed by atoms with E-state index in [1.807, 2.05) is 0 Å². The summed E-state index contributed by atoms with van der Waals surface area (Å²) in [5, 5.41) is -0.913. The Labute approximate surface area is 85.8 Å². The molecule has 0 spiro atoms. The van der Waals surface area contributed by atoms with Crippen LogP contribution in [0, 0.1) is 5.82 Å². The molecule has 0 bridgehead atoms. The summed E-state index contributed by atoms with van der Waals surface area (Å²) >= 11 is 13.5. The third-order valence-corrected chi connectivity index (χ3v) is 2.60. The van der Waals surface area contributed by atoms with E-state index in [1.54, 1.807) is 0 Å². The molecule has 0 amide bonds. The van der Waals surface area contributed by atoms with Crippen LogP contribution in [0.3, 0.4) is 0 Å². The first kappa shape index (κ1) is 9.89. The van der Waals surface area contributed by atoms with Crippen LogP contribution in [-0.4, -0.2) is 10.2 Å². The number of pyridine rings is 1. The summed E-state index contributed by atoms with van der Waals surface area (Å²) in [6.07, 6.45) is 0.836. The first-order valence-corrected chi connectivity index (χ1v) is 4.28. The normalized spacial score (nSPS) is 10.0. The summed E-state index contributed by atoms with van der Waals surface area (Å²) in [6, 6.07) is 0. The predicted octanol–water partition coefficient (Wildman–Crippen LogP) is 3.02. The van der Waals surface area contributed by atoms with Crippen LogP contribution in [0.1, 0.15) is 10.4 Å². The molecule has 0 atom stereocenters. The first-order valence-electron chi connectivity index (χ1n) is 2.73. The van der Waals surface area contributed by atoms with E-state index in [4.69, 9.17) is 23.2 Å². The summed E-state index contributed by atoms with van der Waals surface area (Å²) in [6.45, 7) is 0. The second kappa shape index (κ2) is 3.68. The highest BCUT2D eigenvalue weighted by molar-refractivity contribution is 9.10. The van der Waals surface area contributed by atoms with Gasteiger partial charge in [-0.3, -0.25) is 4.79 Å². The van der Waals surface area contributed by atoms with E-state index in [0.29, 0.717) is 0 Å². The molecular weight excluding hydrogens is 272 g/mol. The van der Waals surface area contributed by atoms with Gasteiger partial charge >= 0.3 is 0 Å². The highest BCUT2D eigenvalue weighted by atomic mass is 79.9. The lowest BCUT2D eigenvalue weighted by molar-refractivity contribution is 0.107. The van der Waals surface area contributed by atoms with Crippen LogP contribution in [0.4, 0.5) is 4.39 Å². The second-order valence-electron chi connectivity index (χ2n) is 1.86. The largest absolute Gasteiger partial charge is 0.275 e. The predicted molar refractivity (Wildman–Crippen MR) is 47.1 cm³/mol. The summed E-state index contributed by atoms with van der Waals surface area (Å²) in [5.74, 6) is -0.800. The molecule has 0 aliphatic carbocycles. The van der Waals surface area contributed by atoms with E-state index in [0.717, 1.165) is 6.20 Å². The molecule has 0 saturated carbocycles. The molecule has 0 aliphatic rings. The van der Waals surface area contributed by atoms with Crippen molar-refractivity contribution in [1.29, 1.82) is 0 Å². The van der Waals surface area contributed by atoms with E-state index in [2.05, 4.69) is 20.9 Å². The minimum atomic E-state index is -0.913. The number of rotatable bonds is 1. The standard InChI is InChI=1S/C6HBrCl2FNO/c7-4-3(6(9)12)2(10)1-11-5(4)8/h1H. The number of aromatic nitrogens is 1. The van der Waals surface area contributed by atoms with Crippen molar-refractivity contribution < 1.29 is 9.18 Å². The number of nitrogens with zero attached hydrogens (tertiary/aromatic N) is 1. The molecule has 1 aromatic rings. The minimum absolute atomic E-state index is 0.000370. The van der Waals surface area contributed by atoms with Gasteiger partial charge in [-0.15, -0.1) is 0 Å². The van der Waals surface area contributed by atoms with E-state index in [1.165, 1.54) is 0 Å². The molecule has 1 heterocycles. The Hall–Kier alpha value is -0.190. The molecule has 12 heavy (non-hydrogen) atoms. The molecule has 0 aliphatic heterocycles. The molecule has 1 aromatic heterocycles. The first-order chi connectivity index (χ1) is 5.54. The number of hydrogen-bond acceptors (Lipinski definition) is 2. The van der Waals surface area contributed by atoms with Crippen molar-refractivity contribution in [2.24, 2.45) is 0 Å². The number of carbonyl (C=O) groups excluding carboxylic acids is 1. The molecule has 6 heteroatoms. The molecule has 0 fully saturated rings. The van der Waals surface area contributed by atoms with Crippen LogP contribution < -0.4 is 0 Å². The molecule has 2 nitrogen and oxygen atoms in total. The maximum atomic E-state index is 12.8. The fourth-order valence-electron chi connectivity index (χ4n) is 0.623. The Morgan fingerprint density at radius 2 is 2.25 bits per heavy atom. The molecule has 0 radical (unpaired) electrons. The molecule has 0 unspecified atom stereocenters. The number of halogens is 4. The fourth-order valence-corrected chi connectivity index (χ4v) is 1.54. The van der Waals surface area contributed by atoms with Gasteiger partial charge in [0.05, 0.1) is 16.2 Å². The van der Waals surface area contributed by atoms with Crippen LogP contribution in [0.2, 0.25) is 5.15 Å². The van der Waals surface area contributed by atoms with E-state index in [-0.39, 0.29) is 15.2 Å². The van der Waals surface area contributed by atoms with Crippen molar-refractivity contribution in [2.45, 2.75) is 0 Å². The Bertz CT molecular complexity index is 345. The van der Waals surface area contributed by atoms with E-state index in [9.17, 15) is 9.18 Å². The van der Waals surface area contributed by atoms with Gasteiger partial charge in [-0.25, -0.2) is 9.37 Å². The molecule has 0 N–H and O–H groups in total. The van der Waals surface area contributed by atoms with Gasteiger partial charge < -0.3 is 0 Å². The minimum Gasteiger partial charge on any atom is -0.275 e. The maximum Gasteiger partial charge on any atom is 0.256 e. The summed E-state index contributed by atoms with van der Waals surface area (Å²) in [5.41, 5.74) is -0.295. The van der Waals surface area contributed by atoms with Gasteiger partial charge in [0.1, 0.15) is 5.15 Å². The Morgan fingerprint density at radius 1 is 1.67 bits per heavy atom.